The van der Waals surface area contributed by atoms with E-state index in [-0.39, 0.29) is 0 Å². The summed E-state index contributed by atoms with van der Waals surface area (Å²) in [5.74, 6) is 0.781. The first kappa shape index (κ1) is 7.03. The molecule has 0 spiro atoms. The zero-order valence-electron chi connectivity index (χ0n) is 6.06. The molecule has 2 atom stereocenters. The van der Waals surface area contributed by atoms with Gasteiger partial charge in [0.05, 0.1) is 0 Å². The molecule has 2 nitrogen and oxygen atoms in total. The lowest BCUT2D eigenvalue weighted by Crippen LogP contribution is -2.44. The topological polar surface area (TPSA) is 38.0 Å². The summed E-state index contributed by atoms with van der Waals surface area (Å²) in [6.07, 6.45) is 2.66. The largest absolute Gasteiger partial charge is 0.329 e. The van der Waals surface area contributed by atoms with E-state index in [4.69, 9.17) is 5.73 Å². The van der Waals surface area contributed by atoms with Crippen molar-refractivity contribution in [3.8, 4) is 0 Å². The summed E-state index contributed by atoms with van der Waals surface area (Å²) in [6.45, 7) is 4.22. The normalized spacial score (nSPS) is 36.7. The third-order valence-electron chi connectivity index (χ3n) is 2.18. The van der Waals surface area contributed by atoms with Gasteiger partial charge in [0.1, 0.15) is 0 Å². The molecule has 0 aromatic rings. The molecule has 0 saturated carbocycles. The van der Waals surface area contributed by atoms with Crippen molar-refractivity contribution in [2.75, 3.05) is 13.1 Å². The average molecular weight is 128 g/mol. The fraction of sp³-hybridized carbons (Fsp3) is 1.00. The third kappa shape index (κ3) is 1.66. The van der Waals surface area contributed by atoms with Crippen LogP contribution in [-0.4, -0.2) is 19.1 Å². The molecular formula is C7H16N2. The van der Waals surface area contributed by atoms with Crippen LogP contribution in [-0.2, 0) is 0 Å². The van der Waals surface area contributed by atoms with Gasteiger partial charge in [0.15, 0.2) is 0 Å². The zero-order chi connectivity index (χ0) is 6.69. The summed E-state index contributed by atoms with van der Waals surface area (Å²) in [6, 6.07) is 0.582. The van der Waals surface area contributed by atoms with Gasteiger partial charge in [-0.25, -0.2) is 0 Å². The summed E-state index contributed by atoms with van der Waals surface area (Å²) in [5.41, 5.74) is 5.53. The molecule has 0 unspecified atom stereocenters. The molecule has 1 fully saturated rings. The predicted octanol–water partition coefficient (Wildman–Crippen LogP) is 0.333. The quantitative estimate of drug-likeness (QED) is 0.534. The molecule has 0 bridgehead atoms. The summed E-state index contributed by atoms with van der Waals surface area (Å²) in [7, 11) is 0. The smallest absolute Gasteiger partial charge is 0.0215 e. The number of piperidine rings is 1. The van der Waals surface area contributed by atoms with Crippen molar-refractivity contribution in [3.63, 3.8) is 0 Å². The summed E-state index contributed by atoms with van der Waals surface area (Å²) >= 11 is 0. The van der Waals surface area contributed by atoms with E-state index in [1.165, 1.54) is 12.8 Å². The Morgan fingerprint density at radius 2 is 2.44 bits per heavy atom. The maximum Gasteiger partial charge on any atom is 0.0215 e. The molecule has 1 rings (SSSR count). The zero-order valence-corrected chi connectivity index (χ0v) is 6.06. The van der Waals surface area contributed by atoms with Crippen LogP contribution in [0.25, 0.3) is 0 Å². The third-order valence-corrected chi connectivity index (χ3v) is 2.18. The minimum absolute atomic E-state index is 0.582. The number of rotatable bonds is 1. The number of nitrogens with one attached hydrogen (secondary N) is 1. The second kappa shape index (κ2) is 3.18. The second-order valence-electron chi connectivity index (χ2n) is 2.92. The van der Waals surface area contributed by atoms with E-state index in [1.54, 1.807) is 0 Å². The Morgan fingerprint density at radius 3 is 2.89 bits per heavy atom. The van der Waals surface area contributed by atoms with Gasteiger partial charge in [-0.1, -0.05) is 6.92 Å². The molecular weight excluding hydrogens is 112 g/mol. The van der Waals surface area contributed by atoms with Crippen molar-refractivity contribution >= 4 is 0 Å². The molecule has 2 heteroatoms. The highest BCUT2D eigenvalue weighted by molar-refractivity contribution is 4.78. The highest BCUT2D eigenvalue weighted by Gasteiger charge is 2.18. The number of hydrogen-bond donors (Lipinski definition) is 2. The second-order valence-corrected chi connectivity index (χ2v) is 2.92. The van der Waals surface area contributed by atoms with Crippen molar-refractivity contribution in [2.24, 2.45) is 11.7 Å². The Labute approximate surface area is 56.8 Å². The summed E-state index contributed by atoms with van der Waals surface area (Å²) < 4.78 is 0. The van der Waals surface area contributed by atoms with Crippen LogP contribution >= 0.6 is 0 Å². The molecule has 0 amide bonds. The molecule has 9 heavy (non-hydrogen) atoms. The fourth-order valence-electron chi connectivity index (χ4n) is 1.43. The van der Waals surface area contributed by atoms with E-state index < -0.39 is 0 Å². The first-order valence-electron chi connectivity index (χ1n) is 3.78. The predicted molar refractivity (Wildman–Crippen MR) is 39.2 cm³/mol. The van der Waals surface area contributed by atoms with Crippen LogP contribution in [0.2, 0.25) is 0 Å². The van der Waals surface area contributed by atoms with Gasteiger partial charge >= 0.3 is 0 Å². The Hall–Kier alpha value is -0.0800. The van der Waals surface area contributed by atoms with E-state index in [2.05, 4.69) is 12.2 Å². The Bertz CT molecular complexity index is 83.0. The lowest BCUT2D eigenvalue weighted by Gasteiger charge is -2.28. The molecule has 1 aliphatic rings. The fourth-order valence-corrected chi connectivity index (χ4v) is 1.43. The first-order chi connectivity index (χ1) is 4.34. The SMILES string of the molecule is C[C@@H]1CCCN[C@H]1CN. The van der Waals surface area contributed by atoms with Crippen LogP contribution in [0.15, 0.2) is 0 Å². The number of nitrogens with two attached hydrogens (primary N) is 1. The standard InChI is InChI=1S/C7H16N2/c1-6-3-2-4-9-7(6)5-8/h6-7,9H,2-5,8H2,1H3/t6-,7+/m1/s1. The summed E-state index contributed by atoms with van der Waals surface area (Å²) in [4.78, 5) is 0. The van der Waals surface area contributed by atoms with Crippen LogP contribution in [0.3, 0.4) is 0 Å². The first-order valence-corrected chi connectivity index (χ1v) is 3.78. The van der Waals surface area contributed by atoms with Gasteiger partial charge in [0.2, 0.25) is 0 Å². The molecule has 1 aliphatic heterocycles. The van der Waals surface area contributed by atoms with Gasteiger partial charge in [-0.2, -0.15) is 0 Å². The van der Waals surface area contributed by atoms with Crippen LogP contribution in [0, 0.1) is 5.92 Å². The molecule has 0 aliphatic carbocycles. The minimum Gasteiger partial charge on any atom is -0.329 e. The highest BCUT2D eigenvalue weighted by Crippen LogP contribution is 2.13. The molecule has 0 aromatic carbocycles. The van der Waals surface area contributed by atoms with Gasteiger partial charge in [-0.05, 0) is 25.3 Å². The average Bonchev–Trinajstić information content (AvgIpc) is 1.89. The van der Waals surface area contributed by atoms with Gasteiger partial charge in [-0.15, -0.1) is 0 Å². The van der Waals surface area contributed by atoms with Gasteiger partial charge in [-0.3, -0.25) is 0 Å². The maximum absolute atomic E-state index is 5.53. The van der Waals surface area contributed by atoms with Crippen LogP contribution in [0.4, 0.5) is 0 Å². The maximum atomic E-state index is 5.53. The molecule has 1 heterocycles. The van der Waals surface area contributed by atoms with E-state index in [0.29, 0.717) is 6.04 Å². The van der Waals surface area contributed by atoms with Crippen molar-refractivity contribution in [2.45, 2.75) is 25.8 Å². The van der Waals surface area contributed by atoms with Crippen molar-refractivity contribution in [1.29, 1.82) is 0 Å². The lowest BCUT2D eigenvalue weighted by atomic mass is 9.93. The van der Waals surface area contributed by atoms with Crippen LogP contribution in [0.1, 0.15) is 19.8 Å². The van der Waals surface area contributed by atoms with Crippen LogP contribution < -0.4 is 11.1 Å². The van der Waals surface area contributed by atoms with E-state index in [1.807, 2.05) is 0 Å². The highest BCUT2D eigenvalue weighted by atomic mass is 14.9. The van der Waals surface area contributed by atoms with Crippen LogP contribution in [0.5, 0.6) is 0 Å². The van der Waals surface area contributed by atoms with E-state index >= 15 is 0 Å². The summed E-state index contributed by atoms with van der Waals surface area (Å²) in [5, 5.41) is 3.39. The lowest BCUT2D eigenvalue weighted by molar-refractivity contribution is 0.306. The monoisotopic (exact) mass is 128 g/mol. The van der Waals surface area contributed by atoms with Gasteiger partial charge < -0.3 is 11.1 Å². The molecule has 3 N–H and O–H groups in total. The number of hydrogen-bond acceptors (Lipinski definition) is 2. The van der Waals surface area contributed by atoms with Gasteiger partial charge in [0, 0.05) is 12.6 Å². The molecule has 0 radical (unpaired) electrons. The van der Waals surface area contributed by atoms with Crippen molar-refractivity contribution in [3.05, 3.63) is 0 Å². The van der Waals surface area contributed by atoms with E-state index in [0.717, 1.165) is 19.0 Å². The molecule has 0 aromatic heterocycles. The minimum atomic E-state index is 0.582. The Kier molecular flexibility index (Phi) is 2.49. The molecule has 54 valence electrons. The van der Waals surface area contributed by atoms with E-state index in [9.17, 15) is 0 Å². The molecule has 1 saturated heterocycles. The van der Waals surface area contributed by atoms with Crippen molar-refractivity contribution in [1.82, 2.24) is 5.32 Å². The van der Waals surface area contributed by atoms with Crippen molar-refractivity contribution < 1.29 is 0 Å². The van der Waals surface area contributed by atoms with Gasteiger partial charge in [0.25, 0.3) is 0 Å². The Morgan fingerprint density at radius 1 is 1.67 bits per heavy atom. The Balaban J connectivity index is 2.30.